The fraction of sp³-hybridized carbons (Fsp3) is 0.217. The third-order valence-corrected chi connectivity index (χ3v) is 6.42. The molecule has 1 heterocycles. The van der Waals surface area contributed by atoms with Crippen LogP contribution in [0.3, 0.4) is 0 Å². The maximum atomic E-state index is 12.7. The number of imide groups is 1. The lowest BCUT2D eigenvalue weighted by Gasteiger charge is -2.13. The van der Waals surface area contributed by atoms with Crippen LogP contribution < -0.4 is 5.32 Å². The second kappa shape index (κ2) is 11.8. The van der Waals surface area contributed by atoms with Crippen molar-refractivity contribution in [2.24, 2.45) is 0 Å². The predicted molar refractivity (Wildman–Crippen MR) is 134 cm³/mol. The number of rotatable bonds is 8. The van der Waals surface area contributed by atoms with Gasteiger partial charge in [-0.2, -0.15) is 0 Å². The first-order valence-electron chi connectivity index (χ1n) is 10.2. The fourth-order valence-corrected chi connectivity index (χ4v) is 4.37. The number of halogens is 3. The van der Waals surface area contributed by atoms with E-state index in [0.29, 0.717) is 27.4 Å². The Hall–Kier alpha value is -2.52. The van der Waals surface area contributed by atoms with Crippen LogP contribution in [0.25, 0.3) is 6.08 Å². The molecule has 7 nitrogen and oxygen atoms in total. The number of hydrogen-bond acceptors (Lipinski definition) is 6. The Balaban J connectivity index is 1.67. The van der Waals surface area contributed by atoms with Gasteiger partial charge in [-0.15, -0.1) is 0 Å². The summed E-state index contributed by atoms with van der Waals surface area (Å²) in [7, 11) is 0. The lowest BCUT2D eigenvalue weighted by Crippen LogP contribution is -2.36. The summed E-state index contributed by atoms with van der Waals surface area (Å²) in [4.78, 5) is 50.7. The number of amides is 3. The Morgan fingerprint density at radius 3 is 2.56 bits per heavy atom. The van der Waals surface area contributed by atoms with E-state index < -0.39 is 29.6 Å². The average molecular weight is 542 g/mol. The number of ether oxygens (including phenoxy) is 1. The van der Waals surface area contributed by atoms with Gasteiger partial charge in [-0.3, -0.25) is 19.3 Å². The smallest absolute Gasteiger partial charge is 0.339 e. The molecule has 1 aliphatic heterocycles. The molecule has 1 N–H and O–H groups in total. The van der Waals surface area contributed by atoms with Crippen LogP contribution in [0.1, 0.15) is 35.7 Å². The third kappa shape index (κ3) is 6.54. The molecule has 2 aromatic carbocycles. The second-order valence-electron chi connectivity index (χ2n) is 7.17. The second-order valence-corrected chi connectivity index (χ2v) is 9.41. The van der Waals surface area contributed by atoms with Crippen molar-refractivity contribution >= 4 is 81.4 Å². The number of hydrogen-bond donors (Lipinski definition) is 1. The minimum Gasteiger partial charge on any atom is -0.462 e. The van der Waals surface area contributed by atoms with Crippen molar-refractivity contribution in [1.29, 1.82) is 0 Å². The summed E-state index contributed by atoms with van der Waals surface area (Å²) in [5, 5.41) is 2.91. The highest BCUT2D eigenvalue weighted by molar-refractivity contribution is 8.18. The molecular weight excluding hydrogens is 523 g/mol. The van der Waals surface area contributed by atoms with Gasteiger partial charge in [-0.05, 0) is 60.2 Å². The first kappa shape index (κ1) is 26.1. The molecule has 3 amide bonds. The number of carbonyl (C=O) groups excluding carboxylic acids is 4. The molecule has 0 bridgehead atoms. The summed E-state index contributed by atoms with van der Waals surface area (Å²) in [5.41, 5.74) is 0.886. The number of anilines is 1. The minimum atomic E-state index is -0.624. The fourth-order valence-electron chi connectivity index (χ4n) is 2.89. The molecule has 2 aromatic rings. The molecule has 0 aliphatic carbocycles. The lowest BCUT2D eigenvalue weighted by molar-refractivity contribution is -0.127. The predicted octanol–water partition coefficient (Wildman–Crippen LogP) is 6.28. The molecule has 0 aromatic heterocycles. The summed E-state index contributed by atoms with van der Waals surface area (Å²) in [6.45, 7) is 1.72. The van der Waals surface area contributed by atoms with Gasteiger partial charge in [0.15, 0.2) is 0 Å². The number of thioether (sulfide) groups is 1. The topological polar surface area (TPSA) is 92.8 Å². The van der Waals surface area contributed by atoms with Crippen LogP contribution in [-0.4, -0.2) is 41.1 Å². The van der Waals surface area contributed by atoms with Gasteiger partial charge in [-0.1, -0.05) is 54.2 Å². The van der Waals surface area contributed by atoms with E-state index in [1.54, 1.807) is 12.1 Å². The van der Waals surface area contributed by atoms with E-state index in [0.717, 1.165) is 17.7 Å². The zero-order valence-corrected chi connectivity index (χ0v) is 21.0. The molecule has 1 fully saturated rings. The van der Waals surface area contributed by atoms with Crippen molar-refractivity contribution in [1.82, 2.24) is 4.90 Å². The zero-order valence-electron chi connectivity index (χ0n) is 17.9. The Morgan fingerprint density at radius 2 is 1.85 bits per heavy atom. The highest BCUT2D eigenvalue weighted by Crippen LogP contribution is 2.34. The number of esters is 1. The van der Waals surface area contributed by atoms with Crippen LogP contribution in [0, 0.1) is 0 Å². The van der Waals surface area contributed by atoms with Gasteiger partial charge in [0.2, 0.25) is 5.91 Å². The maximum Gasteiger partial charge on any atom is 0.339 e. The van der Waals surface area contributed by atoms with Crippen LogP contribution in [0.4, 0.5) is 10.5 Å². The minimum absolute atomic E-state index is 0.101. The zero-order chi connectivity index (χ0) is 24.8. The normalized spacial score (nSPS) is 14.6. The number of nitrogens with one attached hydrogen (secondary N) is 1. The Morgan fingerprint density at radius 1 is 1.09 bits per heavy atom. The standard InChI is InChI=1S/C23H19Cl3N2O5S/c1-2-3-8-33-22(31)16-11-15(6-7-17(16)25)27-20(29)12-28-21(30)19(34-23(28)32)9-13-4-5-14(24)10-18(13)26/h4-7,9-11H,2-3,8,12H2,1H3,(H,27,29)/b19-9+. The molecule has 11 heteroatoms. The van der Waals surface area contributed by atoms with E-state index in [-0.39, 0.29) is 27.8 Å². The van der Waals surface area contributed by atoms with E-state index >= 15 is 0 Å². The highest BCUT2D eigenvalue weighted by Gasteiger charge is 2.36. The first-order chi connectivity index (χ1) is 16.2. The quantitative estimate of drug-likeness (QED) is 0.240. The van der Waals surface area contributed by atoms with E-state index in [1.807, 2.05) is 6.92 Å². The Kier molecular flexibility index (Phi) is 9.02. The van der Waals surface area contributed by atoms with Crippen LogP contribution in [-0.2, 0) is 14.3 Å². The molecule has 0 unspecified atom stereocenters. The van der Waals surface area contributed by atoms with Crippen LogP contribution in [0.2, 0.25) is 15.1 Å². The molecule has 0 radical (unpaired) electrons. The number of nitrogens with zero attached hydrogens (tertiary/aromatic N) is 1. The molecule has 3 rings (SSSR count). The van der Waals surface area contributed by atoms with Gasteiger partial charge in [0, 0.05) is 15.7 Å². The van der Waals surface area contributed by atoms with Gasteiger partial charge < -0.3 is 10.1 Å². The summed E-state index contributed by atoms with van der Waals surface area (Å²) in [6.07, 6.45) is 3.06. The highest BCUT2D eigenvalue weighted by atomic mass is 35.5. The monoisotopic (exact) mass is 540 g/mol. The lowest BCUT2D eigenvalue weighted by atomic mass is 10.2. The summed E-state index contributed by atoms with van der Waals surface area (Å²) >= 11 is 18.8. The SMILES string of the molecule is CCCCOC(=O)c1cc(NC(=O)CN2C(=O)S/C(=C/c3ccc(Cl)cc3Cl)C2=O)ccc1Cl. The number of carbonyl (C=O) groups is 4. The summed E-state index contributed by atoms with van der Waals surface area (Å²) in [6, 6.07) is 9.08. The van der Waals surface area contributed by atoms with Crippen LogP contribution in [0.15, 0.2) is 41.3 Å². The van der Waals surface area contributed by atoms with Crippen molar-refractivity contribution in [3.05, 3.63) is 67.5 Å². The Bertz CT molecular complexity index is 1190. The molecule has 0 spiro atoms. The van der Waals surface area contributed by atoms with Crippen molar-refractivity contribution < 1.29 is 23.9 Å². The van der Waals surface area contributed by atoms with Crippen molar-refractivity contribution in [3.63, 3.8) is 0 Å². The average Bonchev–Trinajstić information content (AvgIpc) is 3.04. The third-order valence-electron chi connectivity index (χ3n) is 4.63. The van der Waals surface area contributed by atoms with Gasteiger partial charge in [0.25, 0.3) is 11.1 Å². The molecule has 178 valence electrons. The largest absolute Gasteiger partial charge is 0.462 e. The molecule has 0 saturated carbocycles. The molecule has 1 aliphatic rings. The molecule has 0 atom stereocenters. The van der Waals surface area contributed by atoms with Gasteiger partial charge in [-0.25, -0.2) is 4.79 Å². The molecule has 1 saturated heterocycles. The van der Waals surface area contributed by atoms with Crippen molar-refractivity contribution in [2.45, 2.75) is 19.8 Å². The van der Waals surface area contributed by atoms with Crippen LogP contribution in [0.5, 0.6) is 0 Å². The van der Waals surface area contributed by atoms with Crippen molar-refractivity contribution in [3.8, 4) is 0 Å². The van der Waals surface area contributed by atoms with Gasteiger partial charge in [0.1, 0.15) is 6.54 Å². The summed E-state index contributed by atoms with van der Waals surface area (Å²) < 4.78 is 5.16. The van der Waals surface area contributed by atoms with E-state index in [1.165, 1.54) is 30.3 Å². The number of unbranched alkanes of at least 4 members (excludes halogenated alkanes) is 1. The van der Waals surface area contributed by atoms with E-state index in [2.05, 4.69) is 5.32 Å². The first-order valence-corrected chi connectivity index (χ1v) is 12.1. The van der Waals surface area contributed by atoms with Crippen LogP contribution >= 0.6 is 46.6 Å². The maximum absolute atomic E-state index is 12.7. The molecular formula is C23H19Cl3N2O5S. The van der Waals surface area contributed by atoms with E-state index in [4.69, 9.17) is 39.5 Å². The van der Waals surface area contributed by atoms with E-state index in [9.17, 15) is 19.2 Å². The van der Waals surface area contributed by atoms with Crippen molar-refractivity contribution in [2.75, 3.05) is 18.5 Å². The Labute approximate surface area is 215 Å². The molecule has 34 heavy (non-hydrogen) atoms. The summed E-state index contributed by atoms with van der Waals surface area (Å²) in [5.74, 6) is -1.85. The number of benzene rings is 2. The van der Waals surface area contributed by atoms with Gasteiger partial charge in [0.05, 0.1) is 22.1 Å². The van der Waals surface area contributed by atoms with Gasteiger partial charge >= 0.3 is 5.97 Å².